The molecule has 0 aliphatic carbocycles. The molecule has 5 rings (SSSR count). The highest BCUT2D eigenvalue weighted by atomic mass is 16.5. The van der Waals surface area contributed by atoms with Crippen LogP contribution in [0.5, 0.6) is 5.75 Å². The number of carbonyl (C=O) groups excluding carboxylic acids is 2. The van der Waals surface area contributed by atoms with Gasteiger partial charge in [-0.2, -0.15) is 0 Å². The normalized spacial score (nSPS) is 12.4. The Bertz CT molecular complexity index is 1610. The summed E-state index contributed by atoms with van der Waals surface area (Å²) in [6, 6.07) is 35.3. The molecule has 0 saturated carbocycles. The predicted octanol–water partition coefficient (Wildman–Crippen LogP) is 7.10. The summed E-state index contributed by atoms with van der Waals surface area (Å²) < 4.78 is 5.37. The van der Waals surface area contributed by atoms with Gasteiger partial charge in [0.15, 0.2) is 5.78 Å². The molecule has 1 unspecified atom stereocenters. The summed E-state index contributed by atoms with van der Waals surface area (Å²) in [6.07, 6.45) is 3.25. The average molecular weight is 529 g/mol. The number of nitrogens with zero attached hydrogens (tertiary/aromatic N) is 1. The molecular weight excluding hydrogens is 496 g/mol. The highest BCUT2D eigenvalue weighted by Gasteiger charge is 2.39. The van der Waals surface area contributed by atoms with E-state index in [2.05, 4.69) is 22.4 Å². The van der Waals surface area contributed by atoms with Crippen LogP contribution in [0.15, 0.2) is 115 Å². The highest BCUT2D eigenvalue weighted by molar-refractivity contribution is 6.03. The highest BCUT2D eigenvalue weighted by Crippen LogP contribution is 2.35. The number of para-hydroxylation sites is 1. The summed E-state index contributed by atoms with van der Waals surface area (Å²) in [5, 5.41) is 4.22. The van der Waals surface area contributed by atoms with Crippen LogP contribution >= 0.6 is 0 Å². The van der Waals surface area contributed by atoms with Crippen LogP contribution in [0.25, 0.3) is 10.9 Å². The molecule has 0 bridgehead atoms. The SMILES string of the molecule is COc1ccc(CC(Cc2ccccc2)(Cc2ccc(C(C)=O)cc2)C(=O)Nc2cccc3cccnc23)cc1. The van der Waals surface area contributed by atoms with Crippen LogP contribution in [0, 0.1) is 5.41 Å². The number of rotatable bonds is 10. The lowest BCUT2D eigenvalue weighted by Gasteiger charge is -2.34. The van der Waals surface area contributed by atoms with Crippen molar-refractivity contribution in [3.8, 4) is 5.75 Å². The van der Waals surface area contributed by atoms with Crippen molar-refractivity contribution in [2.75, 3.05) is 12.4 Å². The number of hydrogen-bond donors (Lipinski definition) is 1. The topological polar surface area (TPSA) is 68.3 Å². The maximum atomic E-state index is 14.6. The number of Topliss-reactive ketones (excluding diaryl/α,β-unsaturated/α-hetero) is 1. The maximum absolute atomic E-state index is 14.6. The third-order valence-corrected chi connectivity index (χ3v) is 7.35. The van der Waals surface area contributed by atoms with Gasteiger partial charge in [0.25, 0.3) is 0 Å². The molecule has 1 atom stereocenters. The molecule has 0 radical (unpaired) electrons. The number of methoxy groups -OCH3 is 1. The Morgan fingerprint density at radius 1 is 0.725 bits per heavy atom. The van der Waals surface area contributed by atoms with E-state index in [-0.39, 0.29) is 11.7 Å². The van der Waals surface area contributed by atoms with Crippen molar-refractivity contribution in [2.24, 2.45) is 5.41 Å². The van der Waals surface area contributed by atoms with Crippen molar-refractivity contribution >= 4 is 28.3 Å². The first-order chi connectivity index (χ1) is 19.5. The van der Waals surface area contributed by atoms with Crippen LogP contribution in [0.4, 0.5) is 5.69 Å². The van der Waals surface area contributed by atoms with E-state index >= 15 is 0 Å². The summed E-state index contributed by atoms with van der Waals surface area (Å²) >= 11 is 0. The Kier molecular flexibility index (Phi) is 8.02. The van der Waals surface area contributed by atoms with E-state index in [4.69, 9.17) is 4.74 Å². The van der Waals surface area contributed by atoms with Crippen LogP contribution in [-0.2, 0) is 24.1 Å². The van der Waals surface area contributed by atoms with Crippen molar-refractivity contribution in [3.63, 3.8) is 0 Å². The van der Waals surface area contributed by atoms with Crippen LogP contribution in [0.1, 0.15) is 34.0 Å². The maximum Gasteiger partial charge on any atom is 0.231 e. The molecule has 1 aromatic heterocycles. The van der Waals surface area contributed by atoms with Crippen molar-refractivity contribution < 1.29 is 14.3 Å². The number of ketones is 1. The molecule has 1 N–H and O–H groups in total. The van der Waals surface area contributed by atoms with Gasteiger partial charge in [-0.1, -0.05) is 84.9 Å². The van der Waals surface area contributed by atoms with Crippen molar-refractivity contribution in [2.45, 2.75) is 26.2 Å². The molecule has 1 heterocycles. The number of aromatic nitrogens is 1. The Labute approximate surface area is 234 Å². The Morgan fingerprint density at radius 3 is 1.95 bits per heavy atom. The number of carbonyl (C=O) groups is 2. The van der Waals surface area contributed by atoms with Gasteiger partial charge in [0.1, 0.15) is 5.75 Å². The minimum Gasteiger partial charge on any atom is -0.497 e. The lowest BCUT2D eigenvalue weighted by Crippen LogP contribution is -2.42. The molecule has 5 nitrogen and oxygen atoms in total. The van der Waals surface area contributed by atoms with Gasteiger partial charge in [0.2, 0.25) is 5.91 Å². The van der Waals surface area contributed by atoms with Crippen molar-refractivity contribution in [3.05, 3.63) is 138 Å². The first-order valence-corrected chi connectivity index (χ1v) is 13.4. The Morgan fingerprint density at radius 2 is 1.32 bits per heavy atom. The number of fused-ring (bicyclic) bond motifs is 1. The van der Waals surface area contributed by atoms with Crippen LogP contribution in [0.2, 0.25) is 0 Å². The first kappa shape index (κ1) is 26.8. The van der Waals surface area contributed by atoms with Gasteiger partial charge in [-0.15, -0.1) is 0 Å². The zero-order valence-corrected chi connectivity index (χ0v) is 22.8. The first-order valence-electron chi connectivity index (χ1n) is 13.4. The van der Waals surface area contributed by atoms with Gasteiger partial charge >= 0.3 is 0 Å². The average Bonchev–Trinajstić information content (AvgIpc) is 2.98. The molecule has 5 heteroatoms. The van der Waals surface area contributed by atoms with Crippen molar-refractivity contribution in [1.82, 2.24) is 4.98 Å². The molecular formula is C35H32N2O3. The molecule has 0 aliphatic rings. The second-order valence-corrected chi connectivity index (χ2v) is 10.2. The largest absolute Gasteiger partial charge is 0.497 e. The number of pyridine rings is 1. The molecule has 0 saturated heterocycles. The Balaban J connectivity index is 1.60. The van der Waals surface area contributed by atoms with Gasteiger partial charge in [0.05, 0.1) is 23.7 Å². The molecule has 0 aliphatic heterocycles. The number of benzene rings is 4. The van der Waals surface area contributed by atoms with Gasteiger partial charge in [-0.3, -0.25) is 14.6 Å². The van der Waals surface area contributed by atoms with E-state index in [1.54, 1.807) is 20.2 Å². The molecule has 40 heavy (non-hydrogen) atoms. The second-order valence-electron chi connectivity index (χ2n) is 10.2. The van der Waals surface area contributed by atoms with Gasteiger partial charge in [-0.05, 0) is 67.1 Å². The van der Waals surface area contributed by atoms with Crippen LogP contribution in [0.3, 0.4) is 0 Å². The monoisotopic (exact) mass is 528 g/mol. The smallest absolute Gasteiger partial charge is 0.231 e. The van der Waals surface area contributed by atoms with Gasteiger partial charge in [0, 0.05) is 17.1 Å². The molecule has 4 aromatic carbocycles. The predicted molar refractivity (Wildman–Crippen MR) is 160 cm³/mol. The lowest BCUT2D eigenvalue weighted by molar-refractivity contribution is -0.125. The van der Waals surface area contributed by atoms with E-state index in [9.17, 15) is 9.59 Å². The summed E-state index contributed by atoms with van der Waals surface area (Å²) in [6.45, 7) is 1.56. The fourth-order valence-electron chi connectivity index (χ4n) is 5.26. The molecule has 5 aromatic rings. The minimum absolute atomic E-state index is 0.0153. The number of ether oxygens (including phenoxy) is 1. The summed E-state index contributed by atoms with van der Waals surface area (Å²) in [4.78, 5) is 31.0. The fraction of sp³-hybridized carbons (Fsp3) is 0.171. The Hall–Kier alpha value is -4.77. The molecule has 1 amide bonds. The summed E-state index contributed by atoms with van der Waals surface area (Å²) in [5.74, 6) is 0.700. The van der Waals surface area contributed by atoms with E-state index in [1.165, 1.54) is 0 Å². The summed E-state index contributed by atoms with van der Waals surface area (Å²) in [5.41, 5.74) is 4.33. The van der Waals surface area contributed by atoms with E-state index < -0.39 is 5.41 Å². The fourth-order valence-corrected chi connectivity index (χ4v) is 5.26. The number of anilines is 1. The third-order valence-electron chi connectivity index (χ3n) is 7.35. The molecule has 0 fully saturated rings. The number of amides is 1. The van der Waals surface area contributed by atoms with E-state index in [0.717, 1.165) is 33.3 Å². The summed E-state index contributed by atoms with van der Waals surface area (Å²) in [7, 11) is 1.64. The minimum atomic E-state index is -0.843. The zero-order chi connectivity index (χ0) is 28.0. The van der Waals surface area contributed by atoms with Gasteiger partial charge in [-0.25, -0.2) is 0 Å². The van der Waals surface area contributed by atoms with Crippen LogP contribution in [-0.4, -0.2) is 23.8 Å². The van der Waals surface area contributed by atoms with Gasteiger partial charge < -0.3 is 10.1 Å². The lowest BCUT2D eigenvalue weighted by atomic mass is 9.71. The van der Waals surface area contributed by atoms with Crippen LogP contribution < -0.4 is 10.1 Å². The molecule has 200 valence electrons. The standard InChI is InChI=1S/C35H32N2O3/c1-25(38)29-17-13-27(14-18-29)23-35(22-26-8-4-3-5-9-26,24-28-15-19-31(40-2)20-16-28)34(39)37-32-12-6-10-30-11-7-21-36-33(30)32/h3-21H,22-24H2,1-2H3,(H,37,39). The van der Waals surface area contributed by atoms with E-state index in [0.29, 0.717) is 30.5 Å². The quantitative estimate of drug-likeness (QED) is 0.196. The third kappa shape index (κ3) is 6.10. The van der Waals surface area contributed by atoms with Crippen molar-refractivity contribution in [1.29, 1.82) is 0 Å². The number of hydrogen-bond acceptors (Lipinski definition) is 4. The number of nitrogens with one attached hydrogen (secondary N) is 1. The zero-order valence-electron chi connectivity index (χ0n) is 22.8. The molecule has 0 spiro atoms. The van der Waals surface area contributed by atoms with E-state index in [1.807, 2.05) is 97.1 Å². The second kappa shape index (κ2) is 12.0.